The number of rotatable bonds is 6. The molecule has 0 radical (unpaired) electrons. The Morgan fingerprint density at radius 3 is 2.90 bits per heavy atom. The van der Waals surface area contributed by atoms with E-state index in [1.54, 1.807) is 0 Å². The number of nitrogens with zero attached hydrogens (tertiary/aromatic N) is 3. The molecule has 0 bridgehead atoms. The van der Waals surface area contributed by atoms with Crippen molar-refractivity contribution in [2.45, 2.75) is 0 Å². The van der Waals surface area contributed by atoms with Crippen LogP contribution in [0.1, 0.15) is 0 Å². The van der Waals surface area contributed by atoms with Crippen molar-refractivity contribution in [2.75, 3.05) is 26.7 Å². The zero-order chi connectivity index (χ0) is 7.66. The predicted octanol–water partition coefficient (Wildman–Crippen LogP) is 0.237. The minimum atomic E-state index is -0.0398. The Kier molecular flexibility index (Phi) is 7.53. The van der Waals surface area contributed by atoms with Gasteiger partial charge in [0.2, 0.25) is 0 Å². The minimum Gasteiger partial charge on any atom is -0.394 e. The van der Waals surface area contributed by atoms with Crippen LogP contribution >= 0.6 is 0 Å². The van der Waals surface area contributed by atoms with Gasteiger partial charge in [-0.15, -0.1) is 0 Å². The SMILES string of the molecule is [N-]=[N+]=NCOCOCCO. The highest BCUT2D eigenvalue weighted by atomic mass is 16.7. The Bertz CT molecular complexity index is 112. The molecule has 0 aromatic heterocycles. The van der Waals surface area contributed by atoms with Crippen LogP contribution in [-0.2, 0) is 9.47 Å². The number of hydrogen-bond acceptors (Lipinski definition) is 4. The second-order valence-electron chi connectivity index (χ2n) is 1.31. The topological polar surface area (TPSA) is 87.5 Å². The maximum atomic E-state index is 8.21. The first-order valence-corrected chi connectivity index (χ1v) is 2.69. The lowest BCUT2D eigenvalue weighted by Gasteiger charge is -1.99. The molecule has 6 nitrogen and oxygen atoms in total. The van der Waals surface area contributed by atoms with Crippen LogP contribution in [0.2, 0.25) is 0 Å². The molecule has 6 heteroatoms. The summed E-state index contributed by atoms with van der Waals surface area (Å²) in [6, 6.07) is 0. The molecule has 10 heavy (non-hydrogen) atoms. The van der Waals surface area contributed by atoms with Gasteiger partial charge in [-0.05, 0) is 5.53 Å². The lowest BCUT2D eigenvalue weighted by atomic mass is 10.8. The lowest BCUT2D eigenvalue weighted by molar-refractivity contribution is -0.0601. The van der Waals surface area contributed by atoms with E-state index in [4.69, 9.17) is 10.6 Å². The zero-order valence-electron chi connectivity index (χ0n) is 5.43. The minimum absolute atomic E-state index is 0.0368. The molecule has 0 rings (SSSR count). The molecule has 0 unspecified atom stereocenters. The quantitative estimate of drug-likeness (QED) is 0.192. The Hall–Kier alpha value is -0.810. The molecular weight excluding hydrogens is 138 g/mol. The third kappa shape index (κ3) is 7.19. The molecule has 0 saturated heterocycles. The van der Waals surface area contributed by atoms with Crippen LogP contribution in [0.4, 0.5) is 0 Å². The maximum Gasteiger partial charge on any atom is 0.146 e. The zero-order valence-corrected chi connectivity index (χ0v) is 5.43. The average Bonchev–Trinajstić information content (AvgIpc) is 1.97. The Labute approximate surface area is 58.0 Å². The van der Waals surface area contributed by atoms with E-state index in [1.165, 1.54) is 0 Å². The number of hydrogen-bond donors (Lipinski definition) is 1. The predicted molar refractivity (Wildman–Crippen MR) is 33.0 cm³/mol. The van der Waals surface area contributed by atoms with E-state index in [1.807, 2.05) is 0 Å². The summed E-state index contributed by atoms with van der Waals surface area (Å²) in [7, 11) is 0. The first-order valence-electron chi connectivity index (χ1n) is 2.69. The van der Waals surface area contributed by atoms with Gasteiger partial charge in [0.1, 0.15) is 13.5 Å². The molecule has 0 heterocycles. The fourth-order valence-corrected chi connectivity index (χ4v) is 0.286. The molecule has 0 atom stereocenters. The lowest BCUT2D eigenvalue weighted by Crippen LogP contribution is -2.03. The van der Waals surface area contributed by atoms with Gasteiger partial charge in [0, 0.05) is 4.91 Å². The second-order valence-corrected chi connectivity index (χ2v) is 1.31. The first-order chi connectivity index (χ1) is 4.91. The standard InChI is InChI=1S/C4H9N3O3/c5-7-6-3-10-4-9-2-1-8/h8H,1-4H2. The number of aliphatic hydroxyl groups excluding tert-OH is 1. The van der Waals surface area contributed by atoms with E-state index in [0.717, 1.165) is 0 Å². The van der Waals surface area contributed by atoms with Crippen LogP contribution in [0.5, 0.6) is 0 Å². The summed E-state index contributed by atoms with van der Waals surface area (Å²) in [5, 5.41) is 11.3. The summed E-state index contributed by atoms with van der Waals surface area (Å²) in [6.45, 7) is 0.197. The third-order valence-electron chi connectivity index (χ3n) is 0.615. The summed E-state index contributed by atoms with van der Waals surface area (Å²) in [5.41, 5.74) is 7.77. The highest BCUT2D eigenvalue weighted by Crippen LogP contribution is 1.78. The van der Waals surface area contributed by atoms with Crippen molar-refractivity contribution in [3.63, 3.8) is 0 Å². The van der Waals surface area contributed by atoms with Crippen molar-refractivity contribution < 1.29 is 14.6 Å². The van der Waals surface area contributed by atoms with Crippen LogP contribution in [0.15, 0.2) is 5.11 Å². The van der Waals surface area contributed by atoms with Crippen LogP contribution < -0.4 is 0 Å². The molecule has 58 valence electrons. The Balaban J connectivity index is 2.83. The fraction of sp³-hybridized carbons (Fsp3) is 1.00. The summed E-state index contributed by atoms with van der Waals surface area (Å²) in [5.74, 6) is 0. The van der Waals surface area contributed by atoms with Crippen molar-refractivity contribution in [3.05, 3.63) is 10.4 Å². The summed E-state index contributed by atoms with van der Waals surface area (Å²) in [4.78, 5) is 2.45. The monoisotopic (exact) mass is 147 g/mol. The summed E-state index contributed by atoms with van der Waals surface area (Å²) >= 11 is 0. The Morgan fingerprint density at radius 1 is 1.50 bits per heavy atom. The van der Waals surface area contributed by atoms with Crippen LogP contribution in [-0.4, -0.2) is 31.8 Å². The molecule has 0 saturated carbocycles. The van der Waals surface area contributed by atoms with E-state index in [0.29, 0.717) is 0 Å². The molecule has 0 aromatic carbocycles. The fourth-order valence-electron chi connectivity index (χ4n) is 0.286. The number of ether oxygens (including phenoxy) is 2. The van der Waals surface area contributed by atoms with Crippen molar-refractivity contribution in [3.8, 4) is 0 Å². The van der Waals surface area contributed by atoms with Crippen LogP contribution in [0.3, 0.4) is 0 Å². The van der Waals surface area contributed by atoms with Gasteiger partial charge in [0.05, 0.1) is 13.2 Å². The normalized spacial score (nSPS) is 8.90. The van der Waals surface area contributed by atoms with Gasteiger partial charge in [-0.3, -0.25) is 0 Å². The molecule has 0 aliphatic carbocycles. The van der Waals surface area contributed by atoms with E-state index in [9.17, 15) is 0 Å². The van der Waals surface area contributed by atoms with Gasteiger partial charge >= 0.3 is 0 Å². The maximum absolute atomic E-state index is 8.21. The average molecular weight is 147 g/mol. The van der Waals surface area contributed by atoms with E-state index >= 15 is 0 Å². The van der Waals surface area contributed by atoms with E-state index < -0.39 is 0 Å². The molecule has 0 amide bonds. The highest BCUT2D eigenvalue weighted by Gasteiger charge is 1.83. The molecule has 0 spiro atoms. The first kappa shape index (κ1) is 9.19. The number of aliphatic hydroxyl groups is 1. The molecular formula is C4H9N3O3. The van der Waals surface area contributed by atoms with Crippen molar-refractivity contribution in [2.24, 2.45) is 5.11 Å². The van der Waals surface area contributed by atoms with Gasteiger partial charge in [-0.2, -0.15) is 0 Å². The highest BCUT2D eigenvalue weighted by molar-refractivity contribution is 4.35. The van der Waals surface area contributed by atoms with Crippen molar-refractivity contribution >= 4 is 0 Å². The Morgan fingerprint density at radius 2 is 2.30 bits per heavy atom. The molecule has 0 fully saturated rings. The summed E-state index contributed by atoms with van der Waals surface area (Å²) in [6.07, 6.45) is 0. The summed E-state index contributed by atoms with van der Waals surface area (Å²) < 4.78 is 9.30. The van der Waals surface area contributed by atoms with Crippen molar-refractivity contribution in [1.82, 2.24) is 0 Å². The van der Waals surface area contributed by atoms with Crippen LogP contribution in [0.25, 0.3) is 10.4 Å². The molecule has 0 aromatic rings. The van der Waals surface area contributed by atoms with Gasteiger partial charge < -0.3 is 14.6 Å². The third-order valence-corrected chi connectivity index (χ3v) is 0.615. The van der Waals surface area contributed by atoms with Gasteiger partial charge in [0.25, 0.3) is 0 Å². The number of azide groups is 1. The largest absolute Gasteiger partial charge is 0.394 e. The van der Waals surface area contributed by atoms with E-state index in [2.05, 4.69) is 19.5 Å². The van der Waals surface area contributed by atoms with Gasteiger partial charge in [-0.25, -0.2) is 0 Å². The van der Waals surface area contributed by atoms with E-state index in [-0.39, 0.29) is 26.7 Å². The van der Waals surface area contributed by atoms with Crippen molar-refractivity contribution in [1.29, 1.82) is 0 Å². The van der Waals surface area contributed by atoms with Gasteiger partial charge in [-0.1, -0.05) is 5.11 Å². The molecule has 0 aliphatic rings. The van der Waals surface area contributed by atoms with Crippen LogP contribution in [0, 0.1) is 0 Å². The smallest absolute Gasteiger partial charge is 0.146 e. The molecule has 0 aliphatic heterocycles. The molecule has 1 N–H and O–H groups in total. The van der Waals surface area contributed by atoms with Gasteiger partial charge in [0.15, 0.2) is 0 Å². The second kappa shape index (κ2) is 8.19.